The average molecular weight is 348 g/mol. The fraction of sp³-hybridized carbons (Fsp3) is 0.500. The number of hydrogen-bond donors (Lipinski definition) is 0. The fourth-order valence-corrected chi connectivity index (χ4v) is 5.21. The third kappa shape index (κ3) is 3.13. The minimum atomic E-state index is -3.95. The Labute approximate surface area is 128 Å². The van der Waals surface area contributed by atoms with Gasteiger partial charge < -0.3 is 0 Å². The molecular weight excluding hydrogens is 332 g/mol. The van der Waals surface area contributed by atoms with Crippen LogP contribution in [0.5, 0.6) is 0 Å². The van der Waals surface area contributed by atoms with Crippen molar-refractivity contribution >= 4 is 25.5 Å². The van der Waals surface area contributed by atoms with E-state index in [-0.39, 0.29) is 30.1 Å². The lowest BCUT2D eigenvalue weighted by molar-refractivity contribution is -0.385. The van der Waals surface area contributed by atoms with Crippen molar-refractivity contribution in [2.75, 3.05) is 19.3 Å². The Kier molecular flexibility index (Phi) is 4.28. The number of nitro benzene ring substituents is 1. The van der Waals surface area contributed by atoms with Gasteiger partial charge in [-0.15, -0.1) is 0 Å². The van der Waals surface area contributed by atoms with Crippen LogP contribution in [0.25, 0.3) is 0 Å². The van der Waals surface area contributed by atoms with Crippen LogP contribution >= 0.6 is 0 Å². The minimum absolute atomic E-state index is 0.0855. The molecule has 1 aliphatic rings. The number of sulfonamides is 1. The second-order valence-corrected chi connectivity index (χ2v) is 9.54. The Bertz CT molecular complexity index is 816. The van der Waals surface area contributed by atoms with Crippen LogP contribution in [0.15, 0.2) is 23.1 Å². The lowest BCUT2D eigenvalue weighted by Crippen LogP contribution is -2.32. The lowest BCUT2D eigenvalue weighted by Gasteiger charge is -2.17. The molecule has 8 nitrogen and oxygen atoms in total. The number of benzene rings is 1. The molecule has 22 heavy (non-hydrogen) atoms. The van der Waals surface area contributed by atoms with Crippen LogP contribution in [0.2, 0.25) is 0 Å². The van der Waals surface area contributed by atoms with E-state index in [1.54, 1.807) is 6.92 Å². The number of hydrogen-bond acceptors (Lipinski definition) is 6. The third-order valence-electron chi connectivity index (χ3n) is 3.71. The zero-order valence-electron chi connectivity index (χ0n) is 12.1. The quantitative estimate of drug-likeness (QED) is 0.585. The molecule has 1 aliphatic heterocycles. The number of nitrogens with zero attached hydrogens (tertiary/aromatic N) is 2. The van der Waals surface area contributed by atoms with Crippen molar-refractivity contribution in [1.82, 2.24) is 4.31 Å². The summed E-state index contributed by atoms with van der Waals surface area (Å²) in [5.41, 5.74) is 0.0661. The van der Waals surface area contributed by atoms with Gasteiger partial charge in [-0.25, -0.2) is 16.8 Å². The molecule has 0 bridgehead atoms. The second kappa shape index (κ2) is 5.60. The first-order chi connectivity index (χ1) is 10.0. The molecule has 1 unspecified atom stereocenters. The topological polar surface area (TPSA) is 115 Å². The van der Waals surface area contributed by atoms with E-state index in [9.17, 15) is 26.9 Å². The summed E-state index contributed by atoms with van der Waals surface area (Å²) < 4.78 is 49.4. The van der Waals surface area contributed by atoms with E-state index in [1.807, 2.05) is 0 Å². The van der Waals surface area contributed by atoms with Crippen LogP contribution in [0, 0.1) is 17.0 Å². The molecule has 1 heterocycles. The fourth-order valence-electron chi connectivity index (χ4n) is 2.38. The first kappa shape index (κ1) is 16.8. The molecule has 1 fully saturated rings. The van der Waals surface area contributed by atoms with Crippen molar-refractivity contribution in [2.24, 2.45) is 0 Å². The Morgan fingerprint density at radius 1 is 1.27 bits per heavy atom. The Morgan fingerprint density at radius 2 is 1.91 bits per heavy atom. The highest BCUT2D eigenvalue weighted by atomic mass is 32.2. The number of sulfone groups is 1. The molecule has 1 aromatic carbocycles. The number of nitro groups is 1. The Balaban J connectivity index is 2.40. The molecule has 0 aromatic heterocycles. The number of non-ortho nitro benzene ring substituents is 1. The van der Waals surface area contributed by atoms with Crippen LogP contribution in [0.4, 0.5) is 5.69 Å². The van der Waals surface area contributed by atoms with Crippen LogP contribution in [-0.4, -0.2) is 50.7 Å². The van der Waals surface area contributed by atoms with Gasteiger partial charge in [0.05, 0.1) is 15.1 Å². The van der Waals surface area contributed by atoms with Gasteiger partial charge in [-0.2, -0.15) is 4.31 Å². The third-order valence-corrected chi connectivity index (χ3v) is 7.32. The molecule has 0 radical (unpaired) electrons. The largest absolute Gasteiger partial charge is 0.270 e. The van der Waals surface area contributed by atoms with Crippen molar-refractivity contribution < 1.29 is 21.8 Å². The highest BCUT2D eigenvalue weighted by Gasteiger charge is 2.38. The predicted octanol–water partition coefficient (Wildman–Crippen LogP) is 0.711. The van der Waals surface area contributed by atoms with E-state index in [4.69, 9.17) is 0 Å². The van der Waals surface area contributed by atoms with Crippen LogP contribution in [-0.2, 0) is 19.9 Å². The Morgan fingerprint density at radius 3 is 2.41 bits per heavy atom. The molecule has 10 heteroatoms. The summed E-state index contributed by atoms with van der Waals surface area (Å²) in [6.07, 6.45) is 1.30. The summed E-state index contributed by atoms with van der Waals surface area (Å²) in [7, 11) is -7.28. The maximum absolute atomic E-state index is 12.6. The van der Waals surface area contributed by atoms with Crippen LogP contribution < -0.4 is 0 Å². The van der Waals surface area contributed by atoms with Crippen molar-refractivity contribution in [3.8, 4) is 0 Å². The van der Waals surface area contributed by atoms with Crippen molar-refractivity contribution in [3.05, 3.63) is 33.9 Å². The molecule has 2 rings (SSSR count). The predicted molar refractivity (Wildman–Crippen MR) is 79.8 cm³/mol. The summed E-state index contributed by atoms with van der Waals surface area (Å²) in [4.78, 5) is 9.99. The lowest BCUT2D eigenvalue weighted by atomic mass is 10.2. The van der Waals surface area contributed by atoms with Crippen molar-refractivity contribution in [1.29, 1.82) is 0 Å². The number of rotatable bonds is 4. The van der Waals surface area contributed by atoms with Gasteiger partial charge in [0.25, 0.3) is 5.69 Å². The summed E-state index contributed by atoms with van der Waals surface area (Å²) in [6, 6.07) is 3.62. The van der Waals surface area contributed by atoms with E-state index in [1.165, 1.54) is 12.1 Å². The van der Waals surface area contributed by atoms with E-state index >= 15 is 0 Å². The van der Waals surface area contributed by atoms with Gasteiger partial charge in [-0.3, -0.25) is 10.1 Å². The van der Waals surface area contributed by atoms with E-state index < -0.39 is 30.0 Å². The van der Waals surface area contributed by atoms with Crippen LogP contribution in [0.1, 0.15) is 12.0 Å². The van der Waals surface area contributed by atoms with Gasteiger partial charge in [0.15, 0.2) is 9.84 Å². The average Bonchev–Trinajstić information content (AvgIpc) is 2.88. The highest BCUT2D eigenvalue weighted by molar-refractivity contribution is 7.91. The maximum Gasteiger partial charge on any atom is 0.270 e. The normalized spacial score (nSPS) is 20.2. The molecule has 0 aliphatic carbocycles. The zero-order chi connectivity index (χ0) is 16.7. The molecular formula is C12H16N2O6S2. The van der Waals surface area contributed by atoms with E-state index in [0.29, 0.717) is 5.56 Å². The smallest absolute Gasteiger partial charge is 0.258 e. The van der Waals surface area contributed by atoms with Gasteiger partial charge >= 0.3 is 0 Å². The minimum Gasteiger partial charge on any atom is -0.258 e. The molecule has 0 spiro atoms. The van der Waals surface area contributed by atoms with Crippen molar-refractivity contribution in [2.45, 2.75) is 23.5 Å². The summed E-state index contributed by atoms with van der Waals surface area (Å²) >= 11 is 0. The summed E-state index contributed by atoms with van der Waals surface area (Å²) in [5.74, 6) is 0. The van der Waals surface area contributed by atoms with Gasteiger partial charge in [0.1, 0.15) is 0 Å². The van der Waals surface area contributed by atoms with Crippen LogP contribution in [0.3, 0.4) is 0 Å². The molecule has 0 saturated carbocycles. The standard InChI is InChI=1S/C12H16N2O6S2/c1-9-3-4-10(14(15)16)7-12(9)22(19,20)13-6-5-11(8-13)21(2,17)18/h3-4,7,11H,5-6,8H2,1-2H3. The Hall–Kier alpha value is -1.52. The van der Waals surface area contributed by atoms with E-state index in [0.717, 1.165) is 16.6 Å². The zero-order valence-corrected chi connectivity index (χ0v) is 13.7. The van der Waals surface area contributed by atoms with Crippen molar-refractivity contribution in [3.63, 3.8) is 0 Å². The molecule has 0 N–H and O–H groups in total. The molecule has 1 saturated heterocycles. The van der Waals surface area contributed by atoms with Gasteiger partial charge in [-0.05, 0) is 18.9 Å². The summed E-state index contributed by atoms with van der Waals surface area (Å²) in [5, 5.41) is 10.1. The second-order valence-electron chi connectivity index (χ2n) is 5.31. The van der Waals surface area contributed by atoms with E-state index in [2.05, 4.69) is 0 Å². The summed E-state index contributed by atoms with van der Waals surface area (Å²) in [6.45, 7) is 1.51. The molecule has 1 aromatic rings. The molecule has 122 valence electrons. The maximum atomic E-state index is 12.6. The first-order valence-corrected chi connectivity index (χ1v) is 9.87. The SMILES string of the molecule is Cc1ccc([N+](=O)[O-])cc1S(=O)(=O)N1CCC(S(C)(=O)=O)C1. The van der Waals surface area contributed by atoms with Gasteiger partial charge in [0.2, 0.25) is 10.0 Å². The molecule has 1 atom stereocenters. The van der Waals surface area contributed by atoms with Gasteiger partial charge in [0, 0.05) is 31.5 Å². The molecule has 0 amide bonds. The first-order valence-electron chi connectivity index (χ1n) is 6.47. The number of aryl methyl sites for hydroxylation is 1. The highest BCUT2D eigenvalue weighted by Crippen LogP contribution is 2.28. The van der Waals surface area contributed by atoms with Gasteiger partial charge in [-0.1, -0.05) is 6.07 Å². The monoisotopic (exact) mass is 348 g/mol.